The maximum Gasteiger partial charge on any atom is 0.114 e. The van der Waals surface area contributed by atoms with Crippen molar-refractivity contribution in [1.29, 1.82) is 5.26 Å². The van der Waals surface area contributed by atoms with Gasteiger partial charge in [0, 0.05) is 17.9 Å². The fourth-order valence-corrected chi connectivity index (χ4v) is 1.42. The summed E-state index contributed by atoms with van der Waals surface area (Å²) in [6, 6.07) is 9.69. The van der Waals surface area contributed by atoms with Gasteiger partial charge in [-0.3, -0.25) is 0 Å². The van der Waals surface area contributed by atoms with E-state index in [0.29, 0.717) is 0 Å². The lowest BCUT2D eigenvalue weighted by Crippen LogP contribution is -2.31. The van der Waals surface area contributed by atoms with Gasteiger partial charge in [-0.25, -0.2) is 0 Å². The zero-order chi connectivity index (χ0) is 10.6. The van der Waals surface area contributed by atoms with E-state index in [1.165, 1.54) is 0 Å². The first-order chi connectivity index (χ1) is 6.69. The van der Waals surface area contributed by atoms with E-state index >= 15 is 0 Å². The van der Waals surface area contributed by atoms with Crippen LogP contribution in [0.2, 0.25) is 0 Å². The van der Waals surface area contributed by atoms with E-state index in [-0.39, 0.29) is 6.04 Å². The molecule has 0 heterocycles. The summed E-state index contributed by atoms with van der Waals surface area (Å²) in [6.45, 7) is 4.74. The Balaban J connectivity index is 2.91. The molecule has 1 atom stereocenters. The van der Waals surface area contributed by atoms with Crippen LogP contribution in [0.3, 0.4) is 0 Å². The van der Waals surface area contributed by atoms with Crippen molar-refractivity contribution in [2.75, 3.05) is 17.2 Å². The van der Waals surface area contributed by atoms with E-state index in [9.17, 15) is 0 Å². The quantitative estimate of drug-likeness (QED) is 0.740. The fourth-order valence-electron chi connectivity index (χ4n) is 1.42. The van der Waals surface area contributed by atoms with E-state index in [0.717, 1.165) is 17.9 Å². The molecule has 1 aromatic rings. The van der Waals surface area contributed by atoms with Crippen molar-refractivity contribution < 1.29 is 0 Å². The van der Waals surface area contributed by atoms with Gasteiger partial charge in [-0.15, -0.1) is 0 Å². The first-order valence-corrected chi connectivity index (χ1v) is 4.70. The Labute approximate surface area is 84.7 Å². The average molecular weight is 189 g/mol. The van der Waals surface area contributed by atoms with Crippen LogP contribution < -0.4 is 10.6 Å². The van der Waals surface area contributed by atoms with E-state index in [1.807, 2.05) is 43.0 Å². The lowest BCUT2D eigenvalue weighted by Gasteiger charge is -2.25. The van der Waals surface area contributed by atoms with Crippen molar-refractivity contribution >= 4 is 11.4 Å². The lowest BCUT2D eigenvalue weighted by molar-refractivity contribution is 0.768. The summed E-state index contributed by atoms with van der Waals surface area (Å²) in [7, 11) is 0. The molecule has 0 spiro atoms. The van der Waals surface area contributed by atoms with Crippen LogP contribution in [0.15, 0.2) is 24.3 Å². The van der Waals surface area contributed by atoms with Crippen LogP contribution in [0.5, 0.6) is 0 Å². The minimum absolute atomic E-state index is 0.108. The summed E-state index contributed by atoms with van der Waals surface area (Å²) in [4.78, 5) is 2.03. The van der Waals surface area contributed by atoms with Crippen LogP contribution in [0.1, 0.15) is 13.8 Å². The van der Waals surface area contributed by atoms with Gasteiger partial charge in [-0.05, 0) is 38.1 Å². The fraction of sp³-hybridized carbons (Fsp3) is 0.364. The molecule has 0 amide bonds. The molecule has 0 aliphatic rings. The third kappa shape index (κ3) is 2.17. The molecule has 0 aliphatic heterocycles. The predicted molar refractivity (Wildman–Crippen MR) is 58.9 cm³/mol. The molecule has 1 rings (SSSR count). The Kier molecular flexibility index (Phi) is 3.35. The third-order valence-corrected chi connectivity index (χ3v) is 2.22. The Morgan fingerprint density at radius 2 is 2.00 bits per heavy atom. The minimum Gasteiger partial charge on any atom is -0.399 e. The number of hydrogen-bond acceptors (Lipinski definition) is 3. The van der Waals surface area contributed by atoms with Crippen LogP contribution in [0.25, 0.3) is 0 Å². The standard InChI is InChI=1S/C11H15N3/c1-3-14(9(2)8-12)11-6-4-10(13)5-7-11/h4-7,9H,3,13H2,1-2H3. The average Bonchev–Trinajstić information content (AvgIpc) is 2.21. The highest BCUT2D eigenvalue weighted by atomic mass is 15.1. The molecule has 14 heavy (non-hydrogen) atoms. The number of nitrogens with two attached hydrogens (primary N) is 1. The first kappa shape index (κ1) is 10.4. The van der Waals surface area contributed by atoms with Gasteiger partial charge in [0.1, 0.15) is 6.04 Å². The van der Waals surface area contributed by atoms with Gasteiger partial charge in [-0.1, -0.05) is 0 Å². The SMILES string of the molecule is CCN(c1ccc(N)cc1)C(C)C#N. The number of anilines is 2. The van der Waals surface area contributed by atoms with Gasteiger partial charge in [0.25, 0.3) is 0 Å². The van der Waals surface area contributed by atoms with Crippen molar-refractivity contribution in [2.24, 2.45) is 0 Å². The highest BCUT2D eigenvalue weighted by molar-refractivity contribution is 5.54. The maximum atomic E-state index is 8.84. The minimum atomic E-state index is -0.108. The molecule has 0 radical (unpaired) electrons. The summed E-state index contributed by atoms with van der Waals surface area (Å²) in [5, 5.41) is 8.84. The molecule has 0 fully saturated rings. The van der Waals surface area contributed by atoms with Crippen LogP contribution in [-0.2, 0) is 0 Å². The van der Waals surface area contributed by atoms with Gasteiger partial charge in [0.15, 0.2) is 0 Å². The molecule has 1 aromatic carbocycles. The highest BCUT2D eigenvalue weighted by Crippen LogP contribution is 2.18. The Morgan fingerprint density at radius 1 is 1.43 bits per heavy atom. The Morgan fingerprint density at radius 3 is 2.43 bits per heavy atom. The van der Waals surface area contributed by atoms with Crippen LogP contribution in [-0.4, -0.2) is 12.6 Å². The van der Waals surface area contributed by atoms with Crippen molar-refractivity contribution in [3.8, 4) is 6.07 Å². The largest absolute Gasteiger partial charge is 0.399 e. The van der Waals surface area contributed by atoms with E-state index in [1.54, 1.807) is 0 Å². The van der Waals surface area contributed by atoms with Gasteiger partial charge in [0.2, 0.25) is 0 Å². The smallest absolute Gasteiger partial charge is 0.114 e. The molecule has 0 aliphatic carbocycles. The van der Waals surface area contributed by atoms with Crippen molar-refractivity contribution in [2.45, 2.75) is 19.9 Å². The van der Waals surface area contributed by atoms with Crippen LogP contribution in [0.4, 0.5) is 11.4 Å². The molecule has 0 saturated carbocycles. The molecule has 3 heteroatoms. The number of nitrogens with zero attached hydrogens (tertiary/aromatic N) is 2. The number of hydrogen-bond donors (Lipinski definition) is 1. The van der Waals surface area contributed by atoms with Gasteiger partial charge < -0.3 is 10.6 Å². The molecule has 3 nitrogen and oxygen atoms in total. The summed E-state index contributed by atoms with van der Waals surface area (Å²) < 4.78 is 0. The summed E-state index contributed by atoms with van der Waals surface area (Å²) in [5.74, 6) is 0. The number of rotatable bonds is 3. The topological polar surface area (TPSA) is 53.0 Å². The molecule has 0 aromatic heterocycles. The van der Waals surface area contributed by atoms with Crippen LogP contribution >= 0.6 is 0 Å². The van der Waals surface area contributed by atoms with E-state index in [2.05, 4.69) is 6.07 Å². The molecule has 0 saturated heterocycles. The molecular weight excluding hydrogens is 174 g/mol. The second-order valence-corrected chi connectivity index (χ2v) is 3.18. The number of nitrogen functional groups attached to an aromatic ring is 1. The lowest BCUT2D eigenvalue weighted by atomic mass is 10.2. The molecule has 0 bridgehead atoms. The van der Waals surface area contributed by atoms with Gasteiger partial charge in [-0.2, -0.15) is 5.26 Å². The normalized spacial score (nSPS) is 11.8. The number of benzene rings is 1. The zero-order valence-electron chi connectivity index (χ0n) is 8.57. The Bertz CT molecular complexity index is 323. The van der Waals surface area contributed by atoms with Crippen molar-refractivity contribution in [3.05, 3.63) is 24.3 Å². The summed E-state index contributed by atoms with van der Waals surface area (Å²) >= 11 is 0. The number of nitriles is 1. The van der Waals surface area contributed by atoms with Crippen molar-refractivity contribution in [3.63, 3.8) is 0 Å². The second-order valence-electron chi connectivity index (χ2n) is 3.18. The van der Waals surface area contributed by atoms with Crippen molar-refractivity contribution in [1.82, 2.24) is 0 Å². The predicted octanol–water partition coefficient (Wildman–Crippen LogP) is 2.01. The second kappa shape index (κ2) is 4.52. The molecule has 74 valence electrons. The molecule has 2 N–H and O–H groups in total. The Hall–Kier alpha value is -1.69. The third-order valence-electron chi connectivity index (χ3n) is 2.22. The summed E-state index contributed by atoms with van der Waals surface area (Å²) in [5.41, 5.74) is 7.38. The van der Waals surface area contributed by atoms with E-state index < -0.39 is 0 Å². The first-order valence-electron chi connectivity index (χ1n) is 4.70. The monoisotopic (exact) mass is 189 g/mol. The van der Waals surface area contributed by atoms with Gasteiger partial charge in [0.05, 0.1) is 6.07 Å². The zero-order valence-corrected chi connectivity index (χ0v) is 8.57. The van der Waals surface area contributed by atoms with Gasteiger partial charge >= 0.3 is 0 Å². The maximum absolute atomic E-state index is 8.84. The summed E-state index contributed by atoms with van der Waals surface area (Å²) in [6.07, 6.45) is 0. The molecular formula is C11H15N3. The van der Waals surface area contributed by atoms with Crippen LogP contribution in [0, 0.1) is 11.3 Å². The molecule has 1 unspecified atom stereocenters. The highest BCUT2D eigenvalue weighted by Gasteiger charge is 2.10. The van der Waals surface area contributed by atoms with E-state index in [4.69, 9.17) is 11.0 Å².